The van der Waals surface area contributed by atoms with E-state index in [1.54, 1.807) is 31.3 Å². The van der Waals surface area contributed by atoms with Gasteiger partial charge in [0.1, 0.15) is 0 Å². The third-order valence-electron chi connectivity index (χ3n) is 4.43. The molecule has 0 aliphatic carbocycles. The number of thiazole rings is 1. The average molecular weight is 466 g/mol. The maximum absolute atomic E-state index is 13.1. The van der Waals surface area contributed by atoms with Crippen molar-refractivity contribution >= 4 is 44.1 Å². The molecule has 0 unspecified atom stereocenters. The van der Waals surface area contributed by atoms with Crippen LogP contribution >= 0.6 is 11.3 Å². The molecule has 1 N–H and O–H groups in total. The van der Waals surface area contributed by atoms with Gasteiger partial charge in [-0.25, -0.2) is 13.4 Å². The molecule has 9 nitrogen and oxygen atoms in total. The second-order valence-electron chi connectivity index (χ2n) is 6.63. The number of likely N-dealkylation sites (N-methyl/N-ethyl adjacent to an activating group) is 1. The number of amides is 1. The first-order valence-corrected chi connectivity index (χ1v) is 11.9. The molecule has 0 saturated carbocycles. The van der Waals surface area contributed by atoms with Crippen LogP contribution in [0.5, 0.6) is 0 Å². The molecule has 11 heteroatoms. The Balaban J connectivity index is 1.94. The minimum atomic E-state index is -3.94. The summed E-state index contributed by atoms with van der Waals surface area (Å²) in [6.45, 7) is 3.96. The SMILES string of the molecule is CCOC(=O)CCCOC1=C(C(=O)Nc2ncc(C)s2)N(C)S(=O)(=O)c2ccccc21. The predicted octanol–water partition coefficient (Wildman–Crippen LogP) is 2.75. The lowest BCUT2D eigenvalue weighted by atomic mass is 10.1. The molecule has 0 fully saturated rings. The molecule has 1 aromatic carbocycles. The Labute approximate surface area is 184 Å². The quantitative estimate of drug-likeness (QED) is 0.471. The van der Waals surface area contributed by atoms with Crippen molar-refractivity contribution in [1.82, 2.24) is 9.29 Å². The second-order valence-corrected chi connectivity index (χ2v) is 9.81. The summed E-state index contributed by atoms with van der Waals surface area (Å²) >= 11 is 1.27. The molecular weight excluding hydrogens is 442 g/mol. The topological polar surface area (TPSA) is 115 Å². The summed E-state index contributed by atoms with van der Waals surface area (Å²) < 4.78 is 37.7. The zero-order chi connectivity index (χ0) is 22.6. The van der Waals surface area contributed by atoms with E-state index in [0.29, 0.717) is 18.2 Å². The van der Waals surface area contributed by atoms with Crippen molar-refractivity contribution in [3.05, 3.63) is 46.6 Å². The van der Waals surface area contributed by atoms with E-state index in [4.69, 9.17) is 9.47 Å². The number of nitrogens with one attached hydrogen (secondary N) is 1. The lowest BCUT2D eigenvalue weighted by molar-refractivity contribution is -0.143. The first-order valence-electron chi connectivity index (χ1n) is 9.60. The highest BCUT2D eigenvalue weighted by molar-refractivity contribution is 7.89. The van der Waals surface area contributed by atoms with Gasteiger partial charge in [0.15, 0.2) is 16.6 Å². The zero-order valence-electron chi connectivity index (χ0n) is 17.4. The molecule has 1 amide bonds. The number of rotatable bonds is 8. The Hall–Kier alpha value is -2.92. The maximum atomic E-state index is 13.1. The Bertz CT molecular complexity index is 1120. The molecule has 2 aromatic rings. The number of carbonyl (C=O) groups is 2. The molecule has 3 rings (SSSR count). The van der Waals surface area contributed by atoms with Crippen molar-refractivity contribution in [2.45, 2.75) is 31.6 Å². The highest BCUT2D eigenvalue weighted by Crippen LogP contribution is 2.37. The minimum Gasteiger partial charge on any atom is -0.490 e. The van der Waals surface area contributed by atoms with Gasteiger partial charge in [-0.1, -0.05) is 12.1 Å². The number of ether oxygens (including phenoxy) is 2. The van der Waals surface area contributed by atoms with Gasteiger partial charge in [-0.05, 0) is 32.4 Å². The van der Waals surface area contributed by atoms with E-state index in [1.165, 1.54) is 24.5 Å². The summed E-state index contributed by atoms with van der Waals surface area (Å²) in [7, 11) is -2.64. The largest absolute Gasteiger partial charge is 0.490 e. The van der Waals surface area contributed by atoms with Crippen molar-refractivity contribution in [2.24, 2.45) is 0 Å². The summed E-state index contributed by atoms with van der Waals surface area (Å²) in [5, 5.41) is 2.99. The molecule has 0 saturated heterocycles. The van der Waals surface area contributed by atoms with E-state index in [-0.39, 0.29) is 40.9 Å². The third kappa shape index (κ3) is 4.88. The van der Waals surface area contributed by atoms with Crippen molar-refractivity contribution < 1.29 is 27.5 Å². The van der Waals surface area contributed by atoms with E-state index in [9.17, 15) is 18.0 Å². The summed E-state index contributed by atoms with van der Waals surface area (Å²) in [5.74, 6) is -0.876. The highest BCUT2D eigenvalue weighted by Gasteiger charge is 2.38. The molecular formula is C20H23N3O6S2. The molecule has 2 heterocycles. The molecule has 0 atom stereocenters. The Morgan fingerprint density at radius 2 is 2.00 bits per heavy atom. The molecule has 31 heavy (non-hydrogen) atoms. The summed E-state index contributed by atoms with van der Waals surface area (Å²) in [5.41, 5.74) is 0.139. The number of fused-ring (bicyclic) bond motifs is 1. The average Bonchev–Trinajstić information content (AvgIpc) is 3.13. The van der Waals surface area contributed by atoms with Gasteiger partial charge in [0.2, 0.25) is 0 Å². The molecule has 166 valence electrons. The fourth-order valence-corrected chi connectivity index (χ4v) is 5.05. The number of carbonyl (C=O) groups excluding carboxylic acids is 2. The van der Waals surface area contributed by atoms with Gasteiger partial charge in [-0.2, -0.15) is 0 Å². The number of nitrogens with zero attached hydrogens (tertiary/aromatic N) is 2. The maximum Gasteiger partial charge on any atom is 0.305 e. The van der Waals surface area contributed by atoms with Gasteiger partial charge in [-0.15, -0.1) is 11.3 Å². The van der Waals surface area contributed by atoms with E-state index < -0.39 is 15.9 Å². The van der Waals surface area contributed by atoms with Gasteiger partial charge in [-0.3, -0.25) is 19.2 Å². The van der Waals surface area contributed by atoms with Crippen LogP contribution in [0.25, 0.3) is 5.76 Å². The summed E-state index contributed by atoms with van der Waals surface area (Å²) in [6, 6.07) is 6.32. The standard InChI is InChI=1S/C20H23N3O6S2/c1-4-28-16(24)10-7-11-29-18-14-8-5-6-9-15(14)31(26,27)23(3)17(18)19(25)22-20-21-12-13(2)30-20/h5-6,8-9,12H,4,7,10-11H2,1-3H3,(H,21,22,25). The monoisotopic (exact) mass is 465 g/mol. The van der Waals surface area contributed by atoms with Crippen LogP contribution < -0.4 is 5.32 Å². The van der Waals surface area contributed by atoms with E-state index in [2.05, 4.69) is 10.3 Å². The summed E-state index contributed by atoms with van der Waals surface area (Å²) in [6.07, 6.45) is 2.11. The molecule has 0 radical (unpaired) electrons. The number of aryl methyl sites for hydroxylation is 1. The van der Waals surface area contributed by atoms with Crippen molar-refractivity contribution in [3.8, 4) is 0 Å². The normalized spacial score (nSPS) is 14.7. The van der Waals surface area contributed by atoms with Crippen LogP contribution in [0.3, 0.4) is 0 Å². The van der Waals surface area contributed by atoms with Crippen molar-refractivity contribution in [3.63, 3.8) is 0 Å². The summed E-state index contributed by atoms with van der Waals surface area (Å²) in [4.78, 5) is 29.7. The number of aromatic nitrogens is 1. The molecule has 1 aliphatic rings. The molecule has 0 spiro atoms. The smallest absolute Gasteiger partial charge is 0.305 e. The van der Waals surface area contributed by atoms with Gasteiger partial charge in [0.25, 0.3) is 15.9 Å². The molecule has 1 aliphatic heterocycles. The fraction of sp³-hybridized carbons (Fsp3) is 0.350. The van der Waals surface area contributed by atoms with Crippen LogP contribution in [-0.2, 0) is 29.1 Å². The number of hydrogen-bond acceptors (Lipinski definition) is 8. The predicted molar refractivity (Wildman–Crippen MR) is 116 cm³/mol. The zero-order valence-corrected chi connectivity index (χ0v) is 19.0. The molecule has 1 aromatic heterocycles. The number of sulfonamides is 1. The van der Waals surface area contributed by atoms with Crippen molar-refractivity contribution in [2.75, 3.05) is 25.6 Å². The van der Waals surface area contributed by atoms with Crippen LogP contribution in [0.1, 0.15) is 30.2 Å². The Morgan fingerprint density at radius 1 is 1.26 bits per heavy atom. The number of anilines is 1. The van der Waals surface area contributed by atoms with Gasteiger partial charge in [0.05, 0.1) is 18.1 Å². The number of hydrogen-bond donors (Lipinski definition) is 1. The Kier molecular flexibility index (Phi) is 6.96. The van der Waals surface area contributed by atoms with Crippen LogP contribution in [0.4, 0.5) is 5.13 Å². The first-order chi connectivity index (χ1) is 14.8. The fourth-order valence-electron chi connectivity index (χ4n) is 3.00. The van der Waals surface area contributed by atoms with Gasteiger partial charge >= 0.3 is 5.97 Å². The first kappa shape index (κ1) is 22.8. The highest BCUT2D eigenvalue weighted by atomic mass is 32.2. The second kappa shape index (κ2) is 9.48. The van der Waals surface area contributed by atoms with Crippen LogP contribution in [-0.4, -0.2) is 49.8 Å². The lowest BCUT2D eigenvalue weighted by Gasteiger charge is -2.30. The number of benzene rings is 1. The minimum absolute atomic E-state index is 0.0412. The van der Waals surface area contributed by atoms with Crippen molar-refractivity contribution in [1.29, 1.82) is 0 Å². The van der Waals surface area contributed by atoms with E-state index >= 15 is 0 Å². The van der Waals surface area contributed by atoms with Gasteiger partial charge in [0, 0.05) is 30.1 Å². The van der Waals surface area contributed by atoms with Crippen LogP contribution in [0, 0.1) is 6.92 Å². The van der Waals surface area contributed by atoms with Crippen LogP contribution in [0.15, 0.2) is 41.1 Å². The Morgan fingerprint density at radius 3 is 2.68 bits per heavy atom. The number of esters is 1. The van der Waals surface area contributed by atoms with Crippen LogP contribution in [0.2, 0.25) is 0 Å². The lowest BCUT2D eigenvalue weighted by Crippen LogP contribution is -2.37. The third-order valence-corrected chi connectivity index (χ3v) is 7.08. The van der Waals surface area contributed by atoms with E-state index in [1.807, 2.05) is 6.92 Å². The molecule has 0 bridgehead atoms. The van der Waals surface area contributed by atoms with E-state index in [0.717, 1.165) is 9.18 Å². The van der Waals surface area contributed by atoms with Gasteiger partial charge < -0.3 is 9.47 Å².